The molecule has 13 heteroatoms. The van der Waals surface area contributed by atoms with Gasteiger partial charge >= 0.3 is 4.87 Å². The summed E-state index contributed by atoms with van der Waals surface area (Å²) in [5.74, 6) is -2.13. The largest absolute Gasteiger partial charge is 0.504 e. The summed E-state index contributed by atoms with van der Waals surface area (Å²) in [7, 11) is 2.95. The van der Waals surface area contributed by atoms with Crippen molar-refractivity contribution >= 4 is 63.8 Å². The maximum absolute atomic E-state index is 14.0. The molecule has 0 radical (unpaired) electrons. The highest BCUT2D eigenvalue weighted by atomic mass is 35.5. The van der Waals surface area contributed by atoms with Crippen LogP contribution in [0.25, 0.3) is 0 Å². The van der Waals surface area contributed by atoms with Crippen molar-refractivity contribution in [3.8, 4) is 17.2 Å². The van der Waals surface area contributed by atoms with Crippen LogP contribution < -0.4 is 24.6 Å². The maximum atomic E-state index is 14.0. The van der Waals surface area contributed by atoms with Crippen LogP contribution in [0.1, 0.15) is 16.4 Å². The number of aromatic hydroxyl groups is 1. The van der Waals surface area contributed by atoms with Crippen molar-refractivity contribution in [1.82, 2.24) is 4.57 Å². The first kappa shape index (κ1) is 28.8. The molecule has 0 spiro atoms. The van der Waals surface area contributed by atoms with Crippen molar-refractivity contribution in [2.45, 2.75) is 22.7 Å². The number of amides is 3. The Morgan fingerprint density at radius 3 is 2.37 bits per heavy atom. The van der Waals surface area contributed by atoms with E-state index in [1.807, 2.05) is 0 Å². The van der Waals surface area contributed by atoms with Crippen LogP contribution in [0, 0.1) is 5.92 Å². The molecule has 3 heterocycles. The molecule has 0 aliphatic carbocycles. The predicted octanol–water partition coefficient (Wildman–Crippen LogP) is 4.72. The number of thiazole rings is 1. The molecule has 43 heavy (non-hydrogen) atoms. The highest BCUT2D eigenvalue weighted by molar-refractivity contribution is 8.00. The van der Waals surface area contributed by atoms with E-state index in [1.165, 1.54) is 17.7 Å². The number of thioether (sulfide) groups is 1. The SMILES string of the molecule is COc1ccc(NC(=O)Cn2c3c(sc2=O)[C@@H](c2ccc(O)c(OC)c2)C2C(=O)N(c4ccc(Cl)cc4)C(=O)C2S3)cc1. The number of carbonyl (C=O) groups is 3. The third-order valence-corrected chi connectivity index (χ3v) is 10.2. The van der Waals surface area contributed by atoms with Crippen molar-refractivity contribution in [3.63, 3.8) is 0 Å². The normalized spacial score (nSPS) is 19.1. The highest BCUT2D eigenvalue weighted by Gasteiger charge is 2.57. The Balaban J connectivity index is 1.41. The molecule has 2 aliphatic rings. The topological polar surface area (TPSA) is 127 Å². The van der Waals surface area contributed by atoms with E-state index in [4.69, 9.17) is 21.1 Å². The number of rotatable bonds is 7. The van der Waals surface area contributed by atoms with Gasteiger partial charge < -0.3 is 19.9 Å². The zero-order chi connectivity index (χ0) is 30.4. The maximum Gasteiger partial charge on any atom is 0.308 e. The van der Waals surface area contributed by atoms with Gasteiger partial charge in [-0.2, -0.15) is 0 Å². The van der Waals surface area contributed by atoms with Crippen LogP contribution >= 0.6 is 34.7 Å². The first-order valence-electron chi connectivity index (χ1n) is 13.0. The smallest absolute Gasteiger partial charge is 0.308 e. The third kappa shape index (κ3) is 5.15. The molecular weight excluding hydrogens is 614 g/mol. The van der Waals surface area contributed by atoms with Gasteiger partial charge in [-0.05, 0) is 66.2 Å². The number of imide groups is 1. The molecule has 3 atom stereocenters. The van der Waals surface area contributed by atoms with Crippen molar-refractivity contribution in [2.75, 3.05) is 24.4 Å². The number of hydrogen-bond donors (Lipinski definition) is 2. The van der Waals surface area contributed by atoms with Crippen LogP contribution in [0.2, 0.25) is 5.02 Å². The lowest BCUT2D eigenvalue weighted by Crippen LogP contribution is -2.33. The minimum atomic E-state index is -0.870. The number of anilines is 2. The molecule has 10 nitrogen and oxygen atoms in total. The summed E-state index contributed by atoms with van der Waals surface area (Å²) in [6.45, 7) is -0.296. The number of benzene rings is 3. The standard InChI is InChI=1S/C30H24ClN3O7S2/c1-40-19-10-6-17(7-11-19)32-22(36)14-33-29-26(43-30(33)39)23(15-3-12-20(35)21(13-15)41-2)24-25(42-29)28(38)34(27(24)37)18-8-4-16(31)5-9-18/h3-13,23-25,35H,14H2,1-2H3,(H,32,36)/t23-,24?,25?/m0/s1. The third-order valence-electron chi connectivity index (χ3n) is 7.37. The van der Waals surface area contributed by atoms with Crippen molar-refractivity contribution in [1.29, 1.82) is 0 Å². The van der Waals surface area contributed by atoms with E-state index in [9.17, 15) is 24.3 Å². The minimum Gasteiger partial charge on any atom is -0.504 e. The van der Waals surface area contributed by atoms with E-state index in [0.29, 0.717) is 37.6 Å². The molecule has 0 saturated carbocycles. The Morgan fingerprint density at radius 2 is 1.70 bits per heavy atom. The fourth-order valence-corrected chi connectivity index (χ4v) is 8.26. The van der Waals surface area contributed by atoms with Gasteiger partial charge in [0.1, 0.15) is 17.5 Å². The lowest BCUT2D eigenvalue weighted by atomic mass is 9.83. The fraction of sp³-hybridized carbons (Fsp3) is 0.200. The number of aromatic nitrogens is 1. The van der Waals surface area contributed by atoms with E-state index in [2.05, 4.69) is 5.32 Å². The van der Waals surface area contributed by atoms with Gasteiger partial charge in [0.2, 0.25) is 17.7 Å². The summed E-state index contributed by atoms with van der Waals surface area (Å²) >= 11 is 8.09. The number of phenols is 1. The van der Waals surface area contributed by atoms with Crippen molar-refractivity contribution in [3.05, 3.63) is 91.9 Å². The summed E-state index contributed by atoms with van der Waals surface area (Å²) in [5.41, 5.74) is 1.50. The first-order valence-corrected chi connectivity index (χ1v) is 15.1. The van der Waals surface area contributed by atoms with Crippen molar-refractivity contribution in [2.24, 2.45) is 5.92 Å². The van der Waals surface area contributed by atoms with Crippen LogP contribution in [0.3, 0.4) is 0 Å². The van der Waals surface area contributed by atoms with E-state index in [0.717, 1.165) is 28.0 Å². The monoisotopic (exact) mass is 637 g/mol. The van der Waals surface area contributed by atoms with Gasteiger partial charge in [0.05, 0.1) is 30.9 Å². The molecular formula is C30H24ClN3O7S2. The predicted molar refractivity (Wildman–Crippen MR) is 164 cm³/mol. The lowest BCUT2D eigenvalue weighted by molar-refractivity contribution is -0.122. The molecule has 1 fully saturated rings. The second-order valence-corrected chi connectivity index (χ2v) is 12.4. The van der Waals surface area contributed by atoms with E-state index < -0.39 is 39.7 Å². The van der Waals surface area contributed by atoms with Gasteiger partial charge in [-0.25, -0.2) is 4.90 Å². The average molecular weight is 638 g/mol. The van der Waals surface area contributed by atoms with Crippen LogP contribution in [0.5, 0.6) is 17.2 Å². The van der Waals surface area contributed by atoms with Crippen molar-refractivity contribution < 1.29 is 29.0 Å². The Hall–Kier alpha value is -4.26. The number of methoxy groups -OCH3 is 2. The zero-order valence-electron chi connectivity index (χ0n) is 22.8. The molecule has 2 unspecified atom stereocenters. The number of halogens is 1. The average Bonchev–Trinajstić information content (AvgIpc) is 3.44. The number of nitrogens with zero attached hydrogens (tertiary/aromatic N) is 2. The number of phenolic OH excluding ortho intramolecular Hbond substituents is 1. The molecule has 0 bridgehead atoms. The van der Waals surface area contributed by atoms with Gasteiger partial charge in [0, 0.05) is 21.5 Å². The molecule has 3 amide bonds. The van der Waals surface area contributed by atoms with E-state index >= 15 is 0 Å². The minimum absolute atomic E-state index is 0.0919. The highest BCUT2D eigenvalue weighted by Crippen LogP contribution is 2.54. The van der Waals surface area contributed by atoms with Crippen LogP contribution in [-0.2, 0) is 20.9 Å². The van der Waals surface area contributed by atoms with Gasteiger partial charge in [0.15, 0.2) is 11.5 Å². The fourth-order valence-electron chi connectivity index (χ4n) is 5.37. The second kappa shape index (κ2) is 11.4. The number of ether oxygens (including phenoxy) is 2. The zero-order valence-corrected chi connectivity index (χ0v) is 25.2. The van der Waals surface area contributed by atoms with E-state index in [-0.39, 0.29) is 18.0 Å². The van der Waals surface area contributed by atoms with Gasteiger partial charge in [0.25, 0.3) is 0 Å². The number of fused-ring (bicyclic) bond motifs is 2. The summed E-state index contributed by atoms with van der Waals surface area (Å²) in [6, 6.07) is 17.9. The number of hydrogen-bond acceptors (Lipinski definition) is 9. The van der Waals surface area contributed by atoms with Crippen LogP contribution in [-0.4, -0.2) is 46.9 Å². The van der Waals surface area contributed by atoms with Crippen LogP contribution in [0.15, 0.2) is 76.6 Å². The molecule has 1 aromatic heterocycles. The Bertz CT molecular complexity index is 1800. The second-order valence-electron chi connectivity index (χ2n) is 9.86. The summed E-state index contributed by atoms with van der Waals surface area (Å²) in [6.07, 6.45) is 0. The van der Waals surface area contributed by atoms with Crippen LogP contribution in [0.4, 0.5) is 11.4 Å². The Labute approximate surface area is 258 Å². The number of nitrogens with one attached hydrogen (secondary N) is 1. The van der Waals surface area contributed by atoms with E-state index in [1.54, 1.807) is 67.8 Å². The molecule has 6 rings (SSSR count). The van der Waals surface area contributed by atoms with Gasteiger partial charge in [-0.15, -0.1) is 0 Å². The molecule has 220 valence electrons. The first-order chi connectivity index (χ1) is 20.7. The molecule has 2 aliphatic heterocycles. The number of carbonyl (C=O) groups excluding carboxylic acids is 3. The Morgan fingerprint density at radius 1 is 0.977 bits per heavy atom. The molecule has 2 N–H and O–H groups in total. The summed E-state index contributed by atoms with van der Waals surface area (Å²) in [4.78, 5) is 55.6. The molecule has 3 aromatic carbocycles. The van der Waals surface area contributed by atoms with Gasteiger partial charge in [-0.3, -0.25) is 23.7 Å². The van der Waals surface area contributed by atoms with Gasteiger partial charge in [-0.1, -0.05) is 40.8 Å². The molecule has 4 aromatic rings. The molecule has 1 saturated heterocycles. The Kier molecular flexibility index (Phi) is 7.67. The quantitative estimate of drug-likeness (QED) is 0.279. The summed E-state index contributed by atoms with van der Waals surface area (Å²) < 4.78 is 11.8. The lowest BCUT2D eigenvalue weighted by Gasteiger charge is -2.31. The summed E-state index contributed by atoms with van der Waals surface area (Å²) in [5, 5.41) is 13.1.